The Balaban J connectivity index is 1.71. The predicted molar refractivity (Wildman–Crippen MR) is 108 cm³/mol. The normalized spacial score (nSPS) is 10.9. The van der Waals surface area contributed by atoms with Gasteiger partial charge in [0, 0.05) is 11.9 Å². The van der Waals surface area contributed by atoms with E-state index >= 15 is 0 Å². The summed E-state index contributed by atoms with van der Waals surface area (Å²) in [6, 6.07) is 8.67. The van der Waals surface area contributed by atoms with E-state index in [1.807, 2.05) is 13.8 Å². The van der Waals surface area contributed by atoms with Crippen LogP contribution >= 0.6 is 15.9 Å². The quantitative estimate of drug-likeness (QED) is 0.559. The van der Waals surface area contributed by atoms with Crippen molar-refractivity contribution in [2.45, 2.75) is 26.7 Å². The lowest BCUT2D eigenvalue weighted by Crippen LogP contribution is -2.13. The molecular weight excluding hydrogens is 426 g/mol. The van der Waals surface area contributed by atoms with Gasteiger partial charge in [-0.15, -0.1) is 0 Å². The third-order valence-corrected chi connectivity index (χ3v) is 4.79. The predicted octanol–water partition coefficient (Wildman–Crippen LogP) is 3.91. The maximum absolute atomic E-state index is 12.5. The van der Waals surface area contributed by atoms with E-state index < -0.39 is 5.97 Å². The molecule has 0 unspecified atom stereocenters. The molecule has 2 heterocycles. The number of carbonyl (C=O) groups is 2. The molecule has 3 rings (SSSR count). The van der Waals surface area contributed by atoms with Crippen molar-refractivity contribution in [1.29, 1.82) is 0 Å². The Morgan fingerprint density at radius 2 is 1.96 bits per heavy atom. The zero-order valence-electron chi connectivity index (χ0n) is 15.7. The molecule has 0 saturated heterocycles. The van der Waals surface area contributed by atoms with Gasteiger partial charge in [0.05, 0.1) is 22.5 Å². The van der Waals surface area contributed by atoms with E-state index in [1.54, 1.807) is 48.1 Å². The number of carbonyl (C=O) groups excluding carboxylic acids is 2. The van der Waals surface area contributed by atoms with Crippen LogP contribution in [0.2, 0.25) is 0 Å². The highest BCUT2D eigenvalue weighted by Crippen LogP contribution is 2.26. The first-order chi connectivity index (χ1) is 13.4. The molecular formula is C19H20BrN5O3. The average Bonchev–Trinajstić information content (AvgIpc) is 3.29. The first-order valence-electron chi connectivity index (χ1n) is 8.79. The monoisotopic (exact) mass is 445 g/mol. The molecule has 0 fully saturated rings. The van der Waals surface area contributed by atoms with Crippen molar-refractivity contribution in [2.75, 3.05) is 11.9 Å². The zero-order chi connectivity index (χ0) is 20.3. The van der Waals surface area contributed by atoms with E-state index in [0.717, 1.165) is 11.4 Å². The molecule has 8 nitrogen and oxygen atoms in total. The highest BCUT2D eigenvalue weighted by atomic mass is 79.9. The maximum Gasteiger partial charge on any atom is 0.358 e. The molecule has 2 aromatic heterocycles. The van der Waals surface area contributed by atoms with Crippen LogP contribution in [0.5, 0.6) is 0 Å². The molecule has 2 N–H and O–H groups in total. The number of aromatic nitrogens is 4. The van der Waals surface area contributed by atoms with Crippen LogP contribution in [-0.4, -0.2) is 38.5 Å². The van der Waals surface area contributed by atoms with Crippen LogP contribution < -0.4 is 5.32 Å². The smallest absolute Gasteiger partial charge is 0.358 e. The number of rotatable bonds is 6. The second-order valence-corrected chi connectivity index (χ2v) is 7.11. The van der Waals surface area contributed by atoms with Crippen LogP contribution in [0.3, 0.4) is 0 Å². The number of hydrogen-bond donors (Lipinski definition) is 2. The van der Waals surface area contributed by atoms with Gasteiger partial charge in [-0.2, -0.15) is 10.2 Å². The lowest BCUT2D eigenvalue weighted by Gasteiger charge is -2.06. The first kappa shape index (κ1) is 19.8. The molecule has 0 aliphatic carbocycles. The molecule has 9 heteroatoms. The van der Waals surface area contributed by atoms with Crippen molar-refractivity contribution in [1.82, 2.24) is 20.0 Å². The number of halogens is 1. The second kappa shape index (κ2) is 8.39. The molecule has 0 radical (unpaired) electrons. The van der Waals surface area contributed by atoms with Gasteiger partial charge in [0.1, 0.15) is 0 Å². The van der Waals surface area contributed by atoms with Gasteiger partial charge in [0.15, 0.2) is 11.4 Å². The Labute approximate surface area is 170 Å². The lowest BCUT2D eigenvalue weighted by atomic mass is 10.1. The van der Waals surface area contributed by atoms with Crippen LogP contribution in [0.15, 0.2) is 41.0 Å². The van der Waals surface area contributed by atoms with E-state index in [2.05, 4.69) is 36.5 Å². The van der Waals surface area contributed by atoms with Gasteiger partial charge in [0.25, 0.3) is 5.91 Å². The number of esters is 1. The van der Waals surface area contributed by atoms with Crippen LogP contribution in [0.25, 0.3) is 5.69 Å². The number of amides is 1. The number of benzene rings is 1. The molecule has 28 heavy (non-hydrogen) atoms. The minimum absolute atomic E-state index is 0.219. The fraction of sp³-hybridized carbons (Fsp3) is 0.263. The highest BCUT2D eigenvalue weighted by molar-refractivity contribution is 9.10. The van der Waals surface area contributed by atoms with Gasteiger partial charge in [-0.25, -0.2) is 9.48 Å². The summed E-state index contributed by atoms with van der Waals surface area (Å²) in [7, 11) is 0. The van der Waals surface area contributed by atoms with Gasteiger partial charge in [0.2, 0.25) is 0 Å². The molecule has 1 amide bonds. The van der Waals surface area contributed by atoms with Crippen molar-refractivity contribution >= 4 is 33.5 Å². The number of anilines is 1. The Hall–Kier alpha value is -2.94. The van der Waals surface area contributed by atoms with Crippen molar-refractivity contribution in [2.24, 2.45) is 0 Å². The van der Waals surface area contributed by atoms with Crippen molar-refractivity contribution in [3.8, 4) is 5.69 Å². The third-order valence-electron chi connectivity index (χ3n) is 3.99. The SMILES string of the molecule is CCOC(=O)c1ccn(-c2ccc(NC(=O)c3n[nH]c(C(C)C)c3Br)cc2)n1. The largest absolute Gasteiger partial charge is 0.461 e. The fourth-order valence-corrected chi connectivity index (χ4v) is 3.36. The zero-order valence-corrected chi connectivity index (χ0v) is 17.3. The van der Waals surface area contributed by atoms with Crippen LogP contribution in [0, 0.1) is 0 Å². The van der Waals surface area contributed by atoms with Gasteiger partial charge in [-0.05, 0) is 59.1 Å². The van der Waals surface area contributed by atoms with Gasteiger partial charge in [-0.3, -0.25) is 9.89 Å². The number of H-pyrrole nitrogens is 1. The number of nitrogens with one attached hydrogen (secondary N) is 2. The number of nitrogens with zero attached hydrogens (tertiary/aromatic N) is 3. The Bertz CT molecular complexity index is 991. The third kappa shape index (κ3) is 4.14. The van der Waals surface area contributed by atoms with E-state index in [9.17, 15) is 9.59 Å². The Morgan fingerprint density at radius 3 is 2.57 bits per heavy atom. The summed E-state index contributed by atoms with van der Waals surface area (Å²) in [6.45, 7) is 6.07. The molecule has 0 bridgehead atoms. The van der Waals surface area contributed by atoms with Gasteiger partial charge < -0.3 is 10.1 Å². The average molecular weight is 446 g/mol. The molecule has 0 aliphatic heterocycles. The molecule has 1 aromatic carbocycles. The Kier molecular flexibility index (Phi) is 5.93. The lowest BCUT2D eigenvalue weighted by molar-refractivity contribution is 0.0519. The van der Waals surface area contributed by atoms with Crippen LogP contribution in [0.1, 0.15) is 53.4 Å². The van der Waals surface area contributed by atoms with Crippen molar-refractivity contribution < 1.29 is 14.3 Å². The summed E-state index contributed by atoms with van der Waals surface area (Å²) < 4.78 is 7.17. The molecule has 0 saturated carbocycles. The van der Waals surface area contributed by atoms with Crippen molar-refractivity contribution in [3.05, 3.63) is 58.1 Å². The molecule has 3 aromatic rings. The number of ether oxygens (including phenoxy) is 1. The van der Waals surface area contributed by atoms with Crippen molar-refractivity contribution in [3.63, 3.8) is 0 Å². The molecule has 0 aliphatic rings. The topological polar surface area (TPSA) is 102 Å². The molecule has 0 atom stereocenters. The minimum Gasteiger partial charge on any atom is -0.461 e. The van der Waals surface area contributed by atoms with Gasteiger partial charge in [-0.1, -0.05) is 13.8 Å². The summed E-state index contributed by atoms with van der Waals surface area (Å²) in [5.74, 6) is -0.557. The van der Waals surface area contributed by atoms with E-state index in [4.69, 9.17) is 4.74 Å². The maximum atomic E-state index is 12.5. The molecule has 146 valence electrons. The van der Waals surface area contributed by atoms with E-state index in [0.29, 0.717) is 22.5 Å². The summed E-state index contributed by atoms with van der Waals surface area (Å²) in [6.07, 6.45) is 1.67. The highest BCUT2D eigenvalue weighted by Gasteiger charge is 2.19. The second-order valence-electron chi connectivity index (χ2n) is 6.32. The first-order valence-corrected chi connectivity index (χ1v) is 9.58. The van der Waals surface area contributed by atoms with Crippen LogP contribution in [0.4, 0.5) is 5.69 Å². The summed E-state index contributed by atoms with van der Waals surface area (Å²) in [5, 5.41) is 14.0. The summed E-state index contributed by atoms with van der Waals surface area (Å²) in [4.78, 5) is 24.2. The summed E-state index contributed by atoms with van der Waals surface area (Å²) >= 11 is 3.43. The minimum atomic E-state index is -0.463. The van der Waals surface area contributed by atoms with Gasteiger partial charge >= 0.3 is 5.97 Å². The van der Waals surface area contributed by atoms with E-state index in [-0.39, 0.29) is 17.5 Å². The Morgan fingerprint density at radius 1 is 1.25 bits per heavy atom. The number of hydrogen-bond acceptors (Lipinski definition) is 5. The standard InChI is InChI=1S/C19H20BrN5O3/c1-4-28-19(27)14-9-10-25(24-14)13-7-5-12(6-8-13)21-18(26)17-15(20)16(11(2)3)22-23-17/h5-11H,4H2,1-3H3,(H,21,26)(H,22,23). The fourth-order valence-electron chi connectivity index (χ4n) is 2.54. The van der Waals surface area contributed by atoms with Crippen LogP contribution in [-0.2, 0) is 4.74 Å². The van der Waals surface area contributed by atoms with E-state index in [1.165, 1.54) is 0 Å². The summed E-state index contributed by atoms with van der Waals surface area (Å²) in [5.41, 5.74) is 2.78. The number of aromatic amines is 1. The molecule has 0 spiro atoms.